The lowest BCUT2D eigenvalue weighted by Crippen LogP contribution is -2.24. The topological polar surface area (TPSA) is 63.7 Å². The van der Waals surface area contributed by atoms with Crippen molar-refractivity contribution in [2.45, 2.75) is 19.5 Å². The molecule has 0 unspecified atom stereocenters. The van der Waals surface area contributed by atoms with Crippen LogP contribution < -0.4 is 0 Å². The van der Waals surface area contributed by atoms with Crippen LogP contribution in [0.5, 0.6) is 0 Å². The standard InChI is InChI=1S/C17H15FN4/c18-17-5-4-14(10-20)9-16(17)13-22(8-2-6-19)12-15-3-1-7-21-11-15/h1,3-5,7,9,11H,2,8,12-13H2. The number of halogens is 1. The maximum absolute atomic E-state index is 13.9. The van der Waals surface area contributed by atoms with Crippen LogP contribution >= 0.6 is 0 Å². The van der Waals surface area contributed by atoms with Crippen LogP contribution in [0.2, 0.25) is 0 Å². The minimum Gasteiger partial charge on any atom is -0.294 e. The van der Waals surface area contributed by atoms with Crippen LogP contribution in [0.15, 0.2) is 42.7 Å². The number of pyridine rings is 1. The summed E-state index contributed by atoms with van der Waals surface area (Å²) in [7, 11) is 0. The van der Waals surface area contributed by atoms with Gasteiger partial charge in [0.15, 0.2) is 0 Å². The van der Waals surface area contributed by atoms with Crippen LogP contribution in [0.1, 0.15) is 23.1 Å². The lowest BCUT2D eigenvalue weighted by Gasteiger charge is -2.21. The SMILES string of the molecule is N#CCCN(Cc1cccnc1)Cc1cc(C#N)ccc1F. The van der Waals surface area contributed by atoms with Crippen molar-refractivity contribution in [3.63, 3.8) is 0 Å². The van der Waals surface area contributed by atoms with Gasteiger partial charge >= 0.3 is 0 Å². The second-order valence-corrected chi connectivity index (χ2v) is 4.90. The average Bonchev–Trinajstić information content (AvgIpc) is 2.55. The Kier molecular flexibility index (Phi) is 5.59. The largest absolute Gasteiger partial charge is 0.294 e. The van der Waals surface area contributed by atoms with E-state index in [1.807, 2.05) is 23.1 Å². The average molecular weight is 294 g/mol. The van der Waals surface area contributed by atoms with Crippen molar-refractivity contribution in [3.8, 4) is 12.1 Å². The van der Waals surface area contributed by atoms with E-state index in [0.29, 0.717) is 37.2 Å². The molecule has 1 heterocycles. The minimum atomic E-state index is -0.341. The van der Waals surface area contributed by atoms with E-state index in [-0.39, 0.29) is 5.82 Å². The number of hydrogen-bond donors (Lipinski definition) is 0. The van der Waals surface area contributed by atoms with Gasteiger partial charge in [0.25, 0.3) is 0 Å². The Hall–Kier alpha value is -2.76. The van der Waals surface area contributed by atoms with E-state index in [1.165, 1.54) is 12.1 Å². The highest BCUT2D eigenvalue weighted by molar-refractivity contribution is 5.33. The molecule has 0 amide bonds. The first kappa shape index (κ1) is 15.6. The van der Waals surface area contributed by atoms with Crippen LogP contribution in [-0.4, -0.2) is 16.4 Å². The fraction of sp³-hybridized carbons (Fsp3) is 0.235. The normalized spacial score (nSPS) is 10.2. The second-order valence-electron chi connectivity index (χ2n) is 4.90. The monoisotopic (exact) mass is 294 g/mol. The van der Waals surface area contributed by atoms with E-state index in [0.717, 1.165) is 5.56 Å². The highest BCUT2D eigenvalue weighted by Crippen LogP contribution is 2.15. The van der Waals surface area contributed by atoms with Crippen molar-refractivity contribution in [3.05, 3.63) is 65.2 Å². The van der Waals surface area contributed by atoms with Crippen LogP contribution in [0.4, 0.5) is 4.39 Å². The maximum atomic E-state index is 13.9. The van der Waals surface area contributed by atoms with E-state index < -0.39 is 0 Å². The third-order valence-corrected chi connectivity index (χ3v) is 3.24. The zero-order valence-corrected chi connectivity index (χ0v) is 12.0. The predicted octanol–water partition coefficient (Wildman–Crippen LogP) is 3.01. The van der Waals surface area contributed by atoms with E-state index in [2.05, 4.69) is 11.1 Å². The van der Waals surface area contributed by atoms with Gasteiger partial charge in [-0.05, 0) is 29.8 Å². The summed E-state index contributed by atoms with van der Waals surface area (Å²) in [5.41, 5.74) is 1.89. The van der Waals surface area contributed by atoms with Crippen molar-refractivity contribution in [2.24, 2.45) is 0 Å². The molecule has 1 aromatic carbocycles. The summed E-state index contributed by atoms with van der Waals surface area (Å²) in [4.78, 5) is 6.03. The lowest BCUT2D eigenvalue weighted by atomic mass is 10.1. The first-order valence-electron chi connectivity index (χ1n) is 6.89. The molecule has 1 aromatic heterocycles. The van der Waals surface area contributed by atoms with Gasteiger partial charge in [-0.3, -0.25) is 9.88 Å². The number of nitrogens with zero attached hydrogens (tertiary/aromatic N) is 4. The first-order chi connectivity index (χ1) is 10.7. The van der Waals surface area contributed by atoms with Gasteiger partial charge in [-0.15, -0.1) is 0 Å². The zero-order valence-electron chi connectivity index (χ0n) is 12.0. The van der Waals surface area contributed by atoms with E-state index in [4.69, 9.17) is 10.5 Å². The molecule has 0 radical (unpaired) electrons. The molecule has 4 nitrogen and oxygen atoms in total. The Labute approximate surface area is 129 Å². The number of hydrogen-bond acceptors (Lipinski definition) is 4. The highest BCUT2D eigenvalue weighted by atomic mass is 19.1. The number of benzene rings is 1. The summed E-state index contributed by atoms with van der Waals surface area (Å²) < 4.78 is 13.9. The number of rotatable bonds is 6. The van der Waals surface area contributed by atoms with Gasteiger partial charge in [0.2, 0.25) is 0 Å². The molecular weight excluding hydrogens is 279 g/mol. The maximum Gasteiger partial charge on any atom is 0.127 e. The lowest BCUT2D eigenvalue weighted by molar-refractivity contribution is 0.259. The molecule has 0 aliphatic carbocycles. The molecule has 0 atom stereocenters. The molecule has 0 saturated carbocycles. The van der Waals surface area contributed by atoms with Gasteiger partial charge in [-0.1, -0.05) is 6.07 Å². The molecule has 0 aliphatic heterocycles. The molecule has 5 heteroatoms. The smallest absolute Gasteiger partial charge is 0.127 e. The Morgan fingerprint density at radius 1 is 1.18 bits per heavy atom. The van der Waals surface area contributed by atoms with Gasteiger partial charge in [-0.25, -0.2) is 4.39 Å². The molecule has 22 heavy (non-hydrogen) atoms. The van der Waals surface area contributed by atoms with Gasteiger partial charge in [0, 0.05) is 44.0 Å². The van der Waals surface area contributed by atoms with Gasteiger partial charge in [0.05, 0.1) is 17.7 Å². The summed E-state index contributed by atoms with van der Waals surface area (Å²) in [6, 6.07) is 12.2. The third-order valence-electron chi connectivity index (χ3n) is 3.24. The second kappa shape index (κ2) is 7.87. The molecule has 0 N–H and O–H groups in total. The predicted molar refractivity (Wildman–Crippen MR) is 79.7 cm³/mol. The van der Waals surface area contributed by atoms with E-state index >= 15 is 0 Å². The fourth-order valence-electron chi connectivity index (χ4n) is 2.18. The summed E-state index contributed by atoms with van der Waals surface area (Å²) in [6.07, 6.45) is 3.81. The zero-order chi connectivity index (χ0) is 15.8. The van der Waals surface area contributed by atoms with Crippen LogP contribution in [0.25, 0.3) is 0 Å². The molecule has 0 aliphatic rings. The number of aromatic nitrogens is 1. The molecule has 0 saturated heterocycles. The van der Waals surface area contributed by atoms with E-state index in [1.54, 1.807) is 18.5 Å². The molecule has 0 spiro atoms. The summed E-state index contributed by atoms with van der Waals surface area (Å²) in [5, 5.41) is 17.7. The van der Waals surface area contributed by atoms with Crippen molar-refractivity contribution in [1.82, 2.24) is 9.88 Å². The Bertz CT molecular complexity index is 701. The fourth-order valence-corrected chi connectivity index (χ4v) is 2.18. The first-order valence-corrected chi connectivity index (χ1v) is 6.89. The molecule has 2 aromatic rings. The van der Waals surface area contributed by atoms with E-state index in [9.17, 15) is 4.39 Å². The Morgan fingerprint density at radius 2 is 2.05 bits per heavy atom. The minimum absolute atomic E-state index is 0.341. The van der Waals surface area contributed by atoms with Crippen molar-refractivity contribution in [1.29, 1.82) is 10.5 Å². The summed E-state index contributed by atoms with van der Waals surface area (Å²) >= 11 is 0. The molecular formula is C17H15FN4. The van der Waals surface area contributed by atoms with Gasteiger partial charge in [0.1, 0.15) is 5.82 Å². The van der Waals surface area contributed by atoms with Crippen LogP contribution in [0.3, 0.4) is 0 Å². The third kappa shape index (κ3) is 4.37. The summed E-state index contributed by atoms with van der Waals surface area (Å²) in [6.45, 7) is 1.45. The van der Waals surface area contributed by atoms with Gasteiger partial charge in [-0.2, -0.15) is 10.5 Å². The molecule has 0 fully saturated rings. The van der Waals surface area contributed by atoms with Gasteiger partial charge < -0.3 is 0 Å². The van der Waals surface area contributed by atoms with Crippen molar-refractivity contribution < 1.29 is 4.39 Å². The molecule has 0 bridgehead atoms. The Balaban J connectivity index is 2.16. The number of nitriles is 2. The highest BCUT2D eigenvalue weighted by Gasteiger charge is 2.11. The summed E-state index contributed by atoms with van der Waals surface area (Å²) in [5.74, 6) is -0.341. The molecule has 2 rings (SSSR count). The van der Waals surface area contributed by atoms with Crippen molar-refractivity contribution >= 4 is 0 Å². The molecule has 110 valence electrons. The van der Waals surface area contributed by atoms with Crippen molar-refractivity contribution in [2.75, 3.05) is 6.54 Å². The van der Waals surface area contributed by atoms with Crippen LogP contribution in [-0.2, 0) is 13.1 Å². The Morgan fingerprint density at radius 3 is 2.73 bits per heavy atom. The van der Waals surface area contributed by atoms with Crippen LogP contribution in [0, 0.1) is 28.5 Å². The quantitative estimate of drug-likeness (QED) is 0.821.